The van der Waals surface area contributed by atoms with Gasteiger partial charge in [0.05, 0.1) is 13.2 Å². The smallest absolute Gasteiger partial charge is 0.349 e. The van der Waals surface area contributed by atoms with Gasteiger partial charge in [-0.2, -0.15) is 0 Å². The van der Waals surface area contributed by atoms with Gasteiger partial charge in [0.2, 0.25) is 0 Å². The van der Waals surface area contributed by atoms with Crippen LogP contribution in [0.15, 0.2) is 42.5 Å². The maximum Gasteiger partial charge on any atom is 0.349 e. The molecule has 124 valence electrons. The van der Waals surface area contributed by atoms with Crippen LogP contribution in [0.25, 0.3) is 0 Å². The first-order valence-corrected chi connectivity index (χ1v) is 9.89. The van der Waals surface area contributed by atoms with Crippen molar-refractivity contribution in [2.75, 3.05) is 6.61 Å². The van der Waals surface area contributed by atoms with Gasteiger partial charge >= 0.3 is 8.56 Å². The Morgan fingerprint density at radius 3 is 1.91 bits per heavy atom. The topological polar surface area (TPSA) is 18.5 Å². The first-order chi connectivity index (χ1) is 10.1. The van der Waals surface area contributed by atoms with Gasteiger partial charge in [-0.3, -0.25) is 0 Å². The molecule has 0 aliphatic heterocycles. The van der Waals surface area contributed by atoms with Crippen molar-refractivity contribution in [2.45, 2.75) is 65.1 Å². The van der Waals surface area contributed by atoms with Crippen LogP contribution in [0.3, 0.4) is 0 Å². The van der Waals surface area contributed by atoms with E-state index >= 15 is 0 Å². The molecule has 0 saturated carbocycles. The highest BCUT2D eigenvalue weighted by Gasteiger charge is 2.58. The maximum atomic E-state index is 6.57. The SMILES string of the molecule is C/C=C/CO[Si](OCc1ccccc1)(C(C)(C)C)C(C)(C)C. The summed E-state index contributed by atoms with van der Waals surface area (Å²) in [7, 11) is -2.47. The summed E-state index contributed by atoms with van der Waals surface area (Å²) in [6.07, 6.45) is 4.09. The molecule has 1 aromatic carbocycles. The summed E-state index contributed by atoms with van der Waals surface area (Å²) < 4.78 is 13.0. The van der Waals surface area contributed by atoms with E-state index in [1.54, 1.807) is 0 Å². The molecule has 0 N–H and O–H groups in total. The van der Waals surface area contributed by atoms with Crippen molar-refractivity contribution in [1.82, 2.24) is 0 Å². The van der Waals surface area contributed by atoms with Crippen LogP contribution < -0.4 is 0 Å². The number of hydrogen-bond donors (Lipinski definition) is 0. The van der Waals surface area contributed by atoms with Crippen LogP contribution >= 0.6 is 0 Å². The molecule has 1 rings (SSSR count). The molecule has 0 amide bonds. The van der Waals surface area contributed by atoms with Crippen molar-refractivity contribution in [3.8, 4) is 0 Å². The van der Waals surface area contributed by atoms with Gasteiger partial charge in [0.25, 0.3) is 0 Å². The first kappa shape index (κ1) is 19.1. The molecule has 1 aromatic rings. The van der Waals surface area contributed by atoms with Crippen molar-refractivity contribution in [3.05, 3.63) is 48.0 Å². The quantitative estimate of drug-likeness (QED) is 0.484. The molecular weight excluding hydrogens is 288 g/mol. The van der Waals surface area contributed by atoms with Gasteiger partial charge in [-0.25, -0.2) is 0 Å². The van der Waals surface area contributed by atoms with Crippen molar-refractivity contribution >= 4 is 8.56 Å². The fourth-order valence-electron chi connectivity index (χ4n) is 3.05. The molecule has 2 nitrogen and oxygen atoms in total. The molecule has 0 aliphatic rings. The highest BCUT2D eigenvalue weighted by atomic mass is 28.4. The van der Waals surface area contributed by atoms with Gasteiger partial charge in [-0.05, 0) is 12.5 Å². The van der Waals surface area contributed by atoms with Crippen LogP contribution in [-0.2, 0) is 15.5 Å². The standard InChI is InChI=1S/C19H32O2Si/c1-8-9-15-20-22(18(2,3)4,19(5,6)7)21-16-17-13-11-10-12-14-17/h8-14H,15-16H2,1-7H3/b9-8+. The molecule has 0 heterocycles. The van der Waals surface area contributed by atoms with Crippen LogP contribution in [0.4, 0.5) is 0 Å². The Balaban J connectivity index is 3.07. The second-order valence-electron chi connectivity index (χ2n) is 7.77. The Morgan fingerprint density at radius 1 is 0.909 bits per heavy atom. The normalized spacial score (nSPS) is 13.8. The monoisotopic (exact) mass is 320 g/mol. The lowest BCUT2D eigenvalue weighted by atomic mass is 10.2. The van der Waals surface area contributed by atoms with E-state index in [9.17, 15) is 0 Å². The summed E-state index contributed by atoms with van der Waals surface area (Å²) in [4.78, 5) is 0. The van der Waals surface area contributed by atoms with Gasteiger partial charge in [0.15, 0.2) is 0 Å². The third kappa shape index (κ3) is 4.54. The van der Waals surface area contributed by atoms with Crippen molar-refractivity contribution in [3.63, 3.8) is 0 Å². The lowest BCUT2D eigenvalue weighted by molar-refractivity contribution is 0.130. The van der Waals surface area contributed by atoms with Crippen molar-refractivity contribution < 1.29 is 8.85 Å². The van der Waals surface area contributed by atoms with Crippen LogP contribution in [0.2, 0.25) is 10.1 Å². The third-order valence-electron chi connectivity index (χ3n) is 3.88. The highest BCUT2D eigenvalue weighted by molar-refractivity contribution is 6.73. The Labute approximate surface area is 137 Å². The Hall–Kier alpha value is -0.903. The van der Waals surface area contributed by atoms with E-state index in [1.807, 2.05) is 19.1 Å². The molecule has 0 spiro atoms. The lowest BCUT2D eigenvalue weighted by Gasteiger charge is -2.48. The van der Waals surface area contributed by atoms with Gasteiger partial charge in [0.1, 0.15) is 0 Å². The zero-order valence-electron chi connectivity index (χ0n) is 15.3. The Bertz CT molecular complexity index is 452. The van der Waals surface area contributed by atoms with Gasteiger partial charge in [0, 0.05) is 10.1 Å². The molecule has 22 heavy (non-hydrogen) atoms. The van der Waals surface area contributed by atoms with Crippen LogP contribution in [0.1, 0.15) is 54.0 Å². The minimum Gasteiger partial charge on any atom is -0.390 e. The van der Waals surface area contributed by atoms with Crippen molar-refractivity contribution in [2.24, 2.45) is 0 Å². The van der Waals surface area contributed by atoms with Crippen molar-refractivity contribution in [1.29, 1.82) is 0 Å². The van der Waals surface area contributed by atoms with Crippen LogP contribution in [-0.4, -0.2) is 15.2 Å². The number of rotatable bonds is 6. The van der Waals surface area contributed by atoms with E-state index in [1.165, 1.54) is 5.56 Å². The molecule has 0 fully saturated rings. The molecular formula is C19H32O2Si. The number of allylic oxidation sites excluding steroid dienone is 1. The summed E-state index contributed by atoms with van der Waals surface area (Å²) in [5, 5.41) is -0.0246. The average Bonchev–Trinajstić information content (AvgIpc) is 2.41. The second kappa shape index (κ2) is 7.58. The van der Waals surface area contributed by atoms with E-state index in [4.69, 9.17) is 8.85 Å². The lowest BCUT2D eigenvalue weighted by Crippen LogP contribution is -2.57. The minimum absolute atomic E-state index is 0.0123. The van der Waals surface area contributed by atoms with Crippen LogP contribution in [0.5, 0.6) is 0 Å². The molecule has 0 aromatic heterocycles. The summed E-state index contributed by atoms with van der Waals surface area (Å²) in [6, 6.07) is 10.4. The predicted octanol–water partition coefficient (Wildman–Crippen LogP) is 5.84. The molecule has 0 bridgehead atoms. The number of benzene rings is 1. The fourth-order valence-corrected chi connectivity index (χ4v) is 7.82. The molecule has 0 aliphatic carbocycles. The predicted molar refractivity (Wildman–Crippen MR) is 97.2 cm³/mol. The zero-order valence-corrected chi connectivity index (χ0v) is 16.3. The summed E-state index contributed by atoms with van der Waals surface area (Å²) in [5.41, 5.74) is 1.20. The van der Waals surface area contributed by atoms with Gasteiger partial charge in [-0.1, -0.05) is 84.0 Å². The summed E-state index contributed by atoms with van der Waals surface area (Å²) >= 11 is 0. The third-order valence-corrected chi connectivity index (χ3v) is 8.95. The maximum absolute atomic E-state index is 6.57. The Morgan fingerprint density at radius 2 is 1.45 bits per heavy atom. The molecule has 0 unspecified atom stereocenters. The molecule has 0 atom stereocenters. The van der Waals surface area contributed by atoms with Gasteiger partial charge < -0.3 is 8.85 Å². The van der Waals surface area contributed by atoms with E-state index in [2.05, 4.69) is 71.9 Å². The first-order valence-electron chi connectivity index (χ1n) is 8.07. The zero-order chi connectivity index (χ0) is 16.9. The van der Waals surface area contributed by atoms with E-state index < -0.39 is 8.56 Å². The van der Waals surface area contributed by atoms with E-state index in [0.717, 1.165) is 0 Å². The summed E-state index contributed by atoms with van der Waals surface area (Å²) in [6.45, 7) is 16.7. The average molecular weight is 321 g/mol. The molecule has 0 radical (unpaired) electrons. The molecule has 3 heteroatoms. The fraction of sp³-hybridized carbons (Fsp3) is 0.579. The highest BCUT2D eigenvalue weighted by Crippen LogP contribution is 2.52. The largest absolute Gasteiger partial charge is 0.390 e. The molecule has 0 saturated heterocycles. The summed E-state index contributed by atoms with van der Waals surface area (Å²) in [5.74, 6) is 0. The number of hydrogen-bond acceptors (Lipinski definition) is 2. The van der Waals surface area contributed by atoms with Gasteiger partial charge in [-0.15, -0.1) is 0 Å². The Kier molecular flexibility index (Phi) is 6.60. The second-order valence-corrected chi connectivity index (χ2v) is 12.6. The van der Waals surface area contributed by atoms with Crippen LogP contribution in [0, 0.1) is 0 Å². The minimum atomic E-state index is -2.47. The van der Waals surface area contributed by atoms with E-state index in [-0.39, 0.29) is 10.1 Å². The van der Waals surface area contributed by atoms with E-state index in [0.29, 0.717) is 13.2 Å².